The molecule has 2 atom stereocenters. The molecule has 0 spiro atoms. The standard InChI is InChI=1S/C18H23N5O/c1-23(2)16-10-6-9-14(16)20-17-12-11-15(21-22-17)18(24)19-13-7-4-3-5-8-13/h3-5,7-8,11-12,14,16H,6,9-10H2,1-2H3,(H,19,24)(H,20,22)/t14-,16+/m1/s1. The number of aromatic nitrogens is 2. The average molecular weight is 325 g/mol. The van der Waals surface area contributed by atoms with E-state index in [1.165, 1.54) is 12.8 Å². The number of hydrogen-bond donors (Lipinski definition) is 2. The summed E-state index contributed by atoms with van der Waals surface area (Å²) in [5, 5.41) is 14.5. The van der Waals surface area contributed by atoms with Gasteiger partial charge in [0.15, 0.2) is 5.69 Å². The minimum atomic E-state index is -0.257. The molecule has 0 bridgehead atoms. The number of nitrogens with one attached hydrogen (secondary N) is 2. The van der Waals surface area contributed by atoms with Gasteiger partial charge in [-0.15, -0.1) is 10.2 Å². The summed E-state index contributed by atoms with van der Waals surface area (Å²) in [4.78, 5) is 14.4. The second-order valence-electron chi connectivity index (χ2n) is 6.34. The van der Waals surface area contributed by atoms with Crippen LogP contribution < -0.4 is 10.6 Å². The highest BCUT2D eigenvalue weighted by molar-refractivity contribution is 6.02. The van der Waals surface area contributed by atoms with E-state index in [9.17, 15) is 4.79 Å². The number of likely N-dealkylation sites (N-methyl/N-ethyl adjacent to an activating group) is 1. The van der Waals surface area contributed by atoms with Gasteiger partial charge in [0.2, 0.25) is 0 Å². The SMILES string of the molecule is CN(C)[C@H]1CCC[C@H]1Nc1ccc(C(=O)Nc2ccccc2)nn1. The third-order valence-corrected chi connectivity index (χ3v) is 4.40. The molecule has 24 heavy (non-hydrogen) atoms. The highest BCUT2D eigenvalue weighted by Crippen LogP contribution is 2.25. The first kappa shape index (κ1) is 16.4. The van der Waals surface area contributed by atoms with Crippen LogP contribution >= 0.6 is 0 Å². The minimum absolute atomic E-state index is 0.257. The Morgan fingerprint density at radius 2 is 1.88 bits per heavy atom. The van der Waals surface area contributed by atoms with Crippen LogP contribution in [-0.2, 0) is 0 Å². The molecule has 0 radical (unpaired) electrons. The summed E-state index contributed by atoms with van der Waals surface area (Å²) in [5.74, 6) is 0.456. The van der Waals surface area contributed by atoms with Crippen molar-refractivity contribution in [3.05, 3.63) is 48.2 Å². The molecule has 3 rings (SSSR count). The summed E-state index contributed by atoms with van der Waals surface area (Å²) in [6.45, 7) is 0. The quantitative estimate of drug-likeness (QED) is 0.884. The van der Waals surface area contributed by atoms with Crippen LogP contribution in [0.3, 0.4) is 0 Å². The van der Waals surface area contributed by atoms with Crippen molar-refractivity contribution in [3.8, 4) is 0 Å². The molecular weight excluding hydrogens is 302 g/mol. The number of benzene rings is 1. The second kappa shape index (κ2) is 7.40. The molecule has 1 saturated carbocycles. The highest BCUT2D eigenvalue weighted by Gasteiger charge is 2.28. The lowest BCUT2D eigenvalue weighted by atomic mass is 10.1. The largest absolute Gasteiger partial charge is 0.364 e. The number of rotatable bonds is 5. The summed E-state index contributed by atoms with van der Waals surface area (Å²) in [6.07, 6.45) is 3.53. The van der Waals surface area contributed by atoms with Gasteiger partial charge in [0, 0.05) is 17.8 Å². The maximum absolute atomic E-state index is 12.2. The molecule has 1 aliphatic rings. The van der Waals surface area contributed by atoms with Crippen molar-refractivity contribution in [3.63, 3.8) is 0 Å². The molecule has 6 heteroatoms. The monoisotopic (exact) mass is 325 g/mol. The number of carbonyl (C=O) groups is 1. The van der Waals surface area contributed by atoms with Crippen LogP contribution in [0.1, 0.15) is 29.8 Å². The smallest absolute Gasteiger partial charge is 0.276 e. The molecule has 1 aromatic carbocycles. The summed E-state index contributed by atoms with van der Waals surface area (Å²) < 4.78 is 0. The summed E-state index contributed by atoms with van der Waals surface area (Å²) in [5.41, 5.74) is 1.05. The van der Waals surface area contributed by atoms with Crippen LogP contribution in [-0.4, -0.2) is 47.2 Å². The Morgan fingerprint density at radius 3 is 2.54 bits per heavy atom. The highest BCUT2D eigenvalue weighted by atomic mass is 16.1. The average Bonchev–Trinajstić information content (AvgIpc) is 3.05. The van der Waals surface area contributed by atoms with Gasteiger partial charge in [-0.3, -0.25) is 4.79 Å². The Bertz CT molecular complexity index is 672. The molecule has 1 aromatic heterocycles. The summed E-state index contributed by atoms with van der Waals surface area (Å²) in [7, 11) is 4.21. The van der Waals surface area contributed by atoms with E-state index in [-0.39, 0.29) is 5.91 Å². The van der Waals surface area contributed by atoms with E-state index in [1.54, 1.807) is 6.07 Å². The molecule has 1 fully saturated rings. The fraction of sp³-hybridized carbons (Fsp3) is 0.389. The van der Waals surface area contributed by atoms with Gasteiger partial charge in [0.1, 0.15) is 5.82 Å². The maximum Gasteiger partial charge on any atom is 0.276 e. The van der Waals surface area contributed by atoms with Gasteiger partial charge < -0.3 is 15.5 Å². The van der Waals surface area contributed by atoms with Crippen LogP contribution in [0.25, 0.3) is 0 Å². The zero-order valence-corrected chi connectivity index (χ0v) is 14.1. The van der Waals surface area contributed by atoms with Crippen molar-refractivity contribution >= 4 is 17.4 Å². The molecule has 126 valence electrons. The van der Waals surface area contributed by atoms with E-state index < -0.39 is 0 Å². The first-order valence-electron chi connectivity index (χ1n) is 8.26. The molecule has 1 aliphatic carbocycles. The van der Waals surface area contributed by atoms with E-state index in [0.717, 1.165) is 12.1 Å². The first-order chi connectivity index (χ1) is 11.6. The molecule has 0 aliphatic heterocycles. The number of carbonyl (C=O) groups excluding carboxylic acids is 1. The van der Waals surface area contributed by atoms with E-state index in [0.29, 0.717) is 23.6 Å². The fourth-order valence-electron chi connectivity index (χ4n) is 3.16. The van der Waals surface area contributed by atoms with Crippen LogP contribution in [0.15, 0.2) is 42.5 Å². The number of anilines is 2. The number of para-hydroxylation sites is 1. The van der Waals surface area contributed by atoms with Crippen molar-refractivity contribution in [1.29, 1.82) is 0 Å². The van der Waals surface area contributed by atoms with Gasteiger partial charge >= 0.3 is 0 Å². The van der Waals surface area contributed by atoms with Crippen molar-refractivity contribution in [2.75, 3.05) is 24.7 Å². The van der Waals surface area contributed by atoms with Crippen LogP contribution in [0.5, 0.6) is 0 Å². The minimum Gasteiger partial charge on any atom is -0.364 e. The third-order valence-electron chi connectivity index (χ3n) is 4.40. The molecule has 2 aromatic rings. The van der Waals surface area contributed by atoms with Crippen LogP contribution in [0.4, 0.5) is 11.5 Å². The fourth-order valence-corrected chi connectivity index (χ4v) is 3.16. The molecule has 6 nitrogen and oxygen atoms in total. The normalized spacial score (nSPS) is 20.1. The number of amides is 1. The van der Waals surface area contributed by atoms with Crippen molar-refractivity contribution < 1.29 is 4.79 Å². The molecular formula is C18H23N5O. The first-order valence-corrected chi connectivity index (χ1v) is 8.26. The Labute approximate surface area is 142 Å². The van der Waals surface area contributed by atoms with Gasteiger partial charge in [0.25, 0.3) is 5.91 Å². The second-order valence-corrected chi connectivity index (χ2v) is 6.34. The van der Waals surface area contributed by atoms with Gasteiger partial charge in [-0.2, -0.15) is 0 Å². The Morgan fingerprint density at radius 1 is 1.08 bits per heavy atom. The van der Waals surface area contributed by atoms with Crippen molar-refractivity contribution in [1.82, 2.24) is 15.1 Å². The zero-order chi connectivity index (χ0) is 16.9. The summed E-state index contributed by atoms with van der Waals surface area (Å²) in [6, 6.07) is 13.7. The maximum atomic E-state index is 12.2. The Hall–Kier alpha value is -2.47. The van der Waals surface area contributed by atoms with E-state index in [1.807, 2.05) is 36.4 Å². The lowest BCUT2D eigenvalue weighted by molar-refractivity contribution is 0.102. The Balaban J connectivity index is 1.62. The molecule has 1 amide bonds. The summed E-state index contributed by atoms with van der Waals surface area (Å²) >= 11 is 0. The number of nitrogens with zero attached hydrogens (tertiary/aromatic N) is 3. The van der Waals surface area contributed by atoms with E-state index in [2.05, 4.69) is 39.8 Å². The van der Waals surface area contributed by atoms with Gasteiger partial charge in [-0.1, -0.05) is 18.2 Å². The van der Waals surface area contributed by atoms with Crippen LogP contribution in [0, 0.1) is 0 Å². The molecule has 2 N–H and O–H groups in total. The van der Waals surface area contributed by atoms with Crippen molar-refractivity contribution in [2.45, 2.75) is 31.3 Å². The molecule has 1 heterocycles. The molecule has 0 unspecified atom stereocenters. The predicted octanol–water partition coefficient (Wildman–Crippen LogP) is 2.62. The third kappa shape index (κ3) is 3.89. The Kier molecular flexibility index (Phi) is 5.05. The van der Waals surface area contributed by atoms with E-state index in [4.69, 9.17) is 0 Å². The van der Waals surface area contributed by atoms with Crippen LogP contribution in [0.2, 0.25) is 0 Å². The predicted molar refractivity (Wildman–Crippen MR) is 95.2 cm³/mol. The topological polar surface area (TPSA) is 70.2 Å². The van der Waals surface area contributed by atoms with Gasteiger partial charge in [0.05, 0.1) is 0 Å². The van der Waals surface area contributed by atoms with Gasteiger partial charge in [-0.05, 0) is 57.6 Å². The zero-order valence-electron chi connectivity index (χ0n) is 14.1. The molecule has 0 saturated heterocycles. The lowest BCUT2D eigenvalue weighted by Crippen LogP contribution is -2.39. The number of hydrogen-bond acceptors (Lipinski definition) is 5. The van der Waals surface area contributed by atoms with Crippen molar-refractivity contribution in [2.24, 2.45) is 0 Å². The lowest BCUT2D eigenvalue weighted by Gasteiger charge is -2.27. The van der Waals surface area contributed by atoms with E-state index >= 15 is 0 Å². The van der Waals surface area contributed by atoms with Gasteiger partial charge in [-0.25, -0.2) is 0 Å².